The minimum Gasteiger partial charge on any atom is -0.207 e. The summed E-state index contributed by atoms with van der Waals surface area (Å²) < 4.78 is 58.6. The van der Waals surface area contributed by atoms with Gasteiger partial charge in [-0.1, -0.05) is 61.2 Å². The van der Waals surface area contributed by atoms with Crippen molar-refractivity contribution in [1.82, 2.24) is 0 Å². The number of halogens is 4. The molecule has 0 spiro atoms. The van der Waals surface area contributed by atoms with E-state index in [0.717, 1.165) is 17.2 Å². The van der Waals surface area contributed by atoms with Crippen LogP contribution in [-0.2, 0) is 12.8 Å². The molecular formula is C32H26F4. The molecule has 0 atom stereocenters. The van der Waals surface area contributed by atoms with Crippen molar-refractivity contribution >= 4 is 11.1 Å². The van der Waals surface area contributed by atoms with Crippen molar-refractivity contribution in [2.24, 2.45) is 0 Å². The lowest BCUT2D eigenvalue weighted by Gasteiger charge is -2.15. The van der Waals surface area contributed by atoms with Crippen LogP contribution in [0.2, 0.25) is 0 Å². The predicted octanol–water partition coefficient (Wildman–Crippen LogP) is 9.43. The summed E-state index contributed by atoms with van der Waals surface area (Å²) in [6, 6.07) is 20.1. The molecule has 0 bridgehead atoms. The van der Waals surface area contributed by atoms with E-state index in [1.54, 1.807) is 26.0 Å². The minimum atomic E-state index is -0.962. The van der Waals surface area contributed by atoms with E-state index in [1.165, 1.54) is 18.2 Å². The minimum absolute atomic E-state index is 0.107. The molecule has 4 rings (SSSR count). The zero-order valence-electron chi connectivity index (χ0n) is 20.3. The smallest absolute Gasteiger partial charge is 0.166 e. The Morgan fingerprint density at radius 1 is 0.611 bits per heavy atom. The molecule has 4 aromatic carbocycles. The van der Waals surface area contributed by atoms with Gasteiger partial charge in [-0.25, -0.2) is 17.6 Å². The second-order valence-electron chi connectivity index (χ2n) is 9.04. The number of benzene rings is 4. The van der Waals surface area contributed by atoms with Crippen LogP contribution in [0.3, 0.4) is 0 Å². The van der Waals surface area contributed by atoms with Gasteiger partial charge in [-0.15, -0.1) is 0 Å². The van der Waals surface area contributed by atoms with Crippen LogP contribution < -0.4 is 0 Å². The van der Waals surface area contributed by atoms with Crippen LogP contribution >= 0.6 is 0 Å². The molecule has 0 aliphatic heterocycles. The maximum atomic E-state index is 15.4. The van der Waals surface area contributed by atoms with E-state index in [1.807, 2.05) is 36.4 Å². The number of aryl methyl sites for hydroxylation is 1. The van der Waals surface area contributed by atoms with Crippen molar-refractivity contribution in [2.45, 2.75) is 26.7 Å². The van der Waals surface area contributed by atoms with Crippen molar-refractivity contribution in [2.75, 3.05) is 0 Å². The first-order valence-electron chi connectivity index (χ1n) is 11.6. The molecular weight excluding hydrogens is 460 g/mol. The van der Waals surface area contributed by atoms with Crippen LogP contribution in [0.4, 0.5) is 17.6 Å². The fourth-order valence-corrected chi connectivity index (χ4v) is 4.36. The van der Waals surface area contributed by atoms with Gasteiger partial charge in [-0.2, -0.15) is 0 Å². The van der Waals surface area contributed by atoms with Crippen LogP contribution in [0.1, 0.15) is 36.1 Å². The Hall–Kier alpha value is -3.92. The zero-order chi connectivity index (χ0) is 26.0. The number of hydrogen-bond donors (Lipinski definition) is 0. The third-order valence-corrected chi connectivity index (χ3v) is 6.25. The van der Waals surface area contributed by atoms with Gasteiger partial charge in [-0.3, -0.25) is 0 Å². The van der Waals surface area contributed by atoms with Crippen molar-refractivity contribution in [3.05, 3.63) is 131 Å². The predicted molar refractivity (Wildman–Crippen MR) is 140 cm³/mol. The first-order valence-corrected chi connectivity index (χ1v) is 11.6. The summed E-state index contributed by atoms with van der Waals surface area (Å²) in [6.45, 7) is 11.0. The average Bonchev–Trinajstić information content (AvgIpc) is 2.85. The van der Waals surface area contributed by atoms with Gasteiger partial charge in [-0.05, 0) is 96.0 Å². The molecule has 0 fully saturated rings. The molecule has 182 valence electrons. The maximum Gasteiger partial charge on any atom is 0.166 e. The van der Waals surface area contributed by atoms with E-state index >= 15 is 8.78 Å². The molecule has 0 N–H and O–H groups in total. The monoisotopic (exact) mass is 486 g/mol. The standard InChI is InChI=1S/C32H26F4/c1-19(2)27-16-24(25-13-11-23(17-29(25)33)22-8-6-5-7-9-22)18-30(34)26(27)12-10-21-14-28(20(3)4)32(36)31(35)15-21/h5-9,11,13-18H,1,3,10,12H2,2,4H3. The third-order valence-electron chi connectivity index (χ3n) is 6.25. The largest absolute Gasteiger partial charge is 0.207 e. The first-order chi connectivity index (χ1) is 17.2. The average molecular weight is 487 g/mol. The molecule has 0 saturated heterocycles. The molecule has 0 amide bonds. The van der Waals surface area contributed by atoms with Gasteiger partial charge in [0.05, 0.1) is 0 Å². The van der Waals surface area contributed by atoms with Crippen molar-refractivity contribution < 1.29 is 17.6 Å². The van der Waals surface area contributed by atoms with E-state index in [0.29, 0.717) is 33.4 Å². The highest BCUT2D eigenvalue weighted by molar-refractivity contribution is 5.76. The van der Waals surface area contributed by atoms with Gasteiger partial charge in [0, 0.05) is 11.1 Å². The molecule has 4 aromatic rings. The van der Waals surface area contributed by atoms with Crippen molar-refractivity contribution in [1.29, 1.82) is 0 Å². The fourth-order valence-electron chi connectivity index (χ4n) is 4.36. The number of rotatable bonds is 7. The fraction of sp³-hybridized carbons (Fsp3) is 0.125. The lowest BCUT2D eigenvalue weighted by atomic mass is 9.91. The Morgan fingerprint density at radius 2 is 1.28 bits per heavy atom. The molecule has 0 aliphatic rings. The molecule has 0 nitrogen and oxygen atoms in total. The molecule has 0 unspecified atom stereocenters. The highest BCUT2D eigenvalue weighted by Crippen LogP contribution is 2.33. The van der Waals surface area contributed by atoms with Gasteiger partial charge in [0.15, 0.2) is 11.6 Å². The molecule has 36 heavy (non-hydrogen) atoms. The normalized spacial score (nSPS) is 10.9. The lowest BCUT2D eigenvalue weighted by molar-refractivity contribution is 0.504. The summed E-state index contributed by atoms with van der Waals surface area (Å²) >= 11 is 0. The van der Waals surface area contributed by atoms with Crippen LogP contribution in [0.5, 0.6) is 0 Å². The van der Waals surface area contributed by atoms with Gasteiger partial charge in [0.2, 0.25) is 0 Å². The molecule has 4 heteroatoms. The van der Waals surface area contributed by atoms with Gasteiger partial charge in [0.1, 0.15) is 11.6 Å². The van der Waals surface area contributed by atoms with Crippen molar-refractivity contribution in [3.63, 3.8) is 0 Å². The SMILES string of the molecule is C=C(C)c1cc(CCc2c(F)cc(-c3ccc(-c4ccccc4)cc3F)cc2C(=C)C)cc(F)c1F. The molecule has 0 saturated carbocycles. The summed E-state index contributed by atoms with van der Waals surface area (Å²) in [7, 11) is 0. The van der Waals surface area contributed by atoms with E-state index in [4.69, 9.17) is 0 Å². The Balaban J connectivity index is 1.67. The second-order valence-corrected chi connectivity index (χ2v) is 9.04. The van der Waals surface area contributed by atoms with Crippen LogP contribution in [0.25, 0.3) is 33.4 Å². The first kappa shape index (κ1) is 25.2. The van der Waals surface area contributed by atoms with Crippen LogP contribution in [0.15, 0.2) is 86.0 Å². The summed E-state index contributed by atoms with van der Waals surface area (Å²) in [5.74, 6) is -2.86. The molecule has 0 heterocycles. The number of allylic oxidation sites excluding steroid dienone is 2. The van der Waals surface area contributed by atoms with E-state index < -0.39 is 23.3 Å². The Labute approximate surface area is 209 Å². The summed E-state index contributed by atoms with van der Waals surface area (Å²) in [6.07, 6.45) is 0.526. The zero-order valence-corrected chi connectivity index (χ0v) is 20.3. The summed E-state index contributed by atoms with van der Waals surface area (Å²) in [4.78, 5) is 0. The summed E-state index contributed by atoms with van der Waals surface area (Å²) in [5, 5.41) is 0. The van der Waals surface area contributed by atoms with E-state index in [2.05, 4.69) is 13.2 Å². The van der Waals surface area contributed by atoms with Crippen LogP contribution in [0, 0.1) is 23.3 Å². The highest BCUT2D eigenvalue weighted by atomic mass is 19.2. The molecule has 0 radical (unpaired) electrons. The second kappa shape index (κ2) is 10.4. The van der Waals surface area contributed by atoms with Crippen molar-refractivity contribution in [3.8, 4) is 22.3 Å². The van der Waals surface area contributed by atoms with Gasteiger partial charge < -0.3 is 0 Å². The number of hydrogen-bond acceptors (Lipinski definition) is 0. The topological polar surface area (TPSA) is 0 Å². The Kier molecular flexibility index (Phi) is 7.25. The highest BCUT2D eigenvalue weighted by Gasteiger charge is 2.17. The Bertz CT molecular complexity index is 1470. The quantitative estimate of drug-likeness (QED) is 0.228. The Morgan fingerprint density at radius 3 is 1.92 bits per heavy atom. The van der Waals surface area contributed by atoms with Gasteiger partial charge in [0.25, 0.3) is 0 Å². The summed E-state index contributed by atoms with van der Waals surface area (Å²) in [5.41, 5.74) is 4.95. The van der Waals surface area contributed by atoms with E-state index in [9.17, 15) is 8.78 Å². The molecule has 0 aliphatic carbocycles. The third kappa shape index (κ3) is 5.18. The van der Waals surface area contributed by atoms with Crippen LogP contribution in [-0.4, -0.2) is 0 Å². The maximum absolute atomic E-state index is 15.4. The lowest BCUT2D eigenvalue weighted by Crippen LogP contribution is -2.03. The molecule has 0 aromatic heterocycles. The van der Waals surface area contributed by atoms with Gasteiger partial charge >= 0.3 is 0 Å². The van der Waals surface area contributed by atoms with E-state index in [-0.39, 0.29) is 24.0 Å².